The monoisotopic (exact) mass is 650 g/mol. The minimum Gasteiger partial charge on any atom is -0.296 e. The Hall–Kier alpha value is -6.51. The van der Waals surface area contributed by atoms with E-state index in [1.54, 1.807) is 0 Å². The molecule has 9 aromatic rings. The molecule has 1 heterocycles. The molecule has 0 amide bonds. The van der Waals surface area contributed by atoms with Gasteiger partial charge in [0.05, 0.1) is 11.0 Å². The molecule has 0 atom stereocenters. The van der Waals surface area contributed by atoms with Gasteiger partial charge in [-0.25, -0.2) is 4.98 Å². The van der Waals surface area contributed by atoms with E-state index >= 15 is 0 Å². The third-order valence-corrected chi connectivity index (χ3v) is 10.5. The molecular formula is C49H34N2. The van der Waals surface area contributed by atoms with Gasteiger partial charge >= 0.3 is 0 Å². The second kappa shape index (κ2) is 11.8. The van der Waals surface area contributed by atoms with E-state index in [0.29, 0.717) is 0 Å². The summed E-state index contributed by atoms with van der Waals surface area (Å²) in [5.74, 6) is 1.06. The van der Waals surface area contributed by atoms with E-state index in [1.807, 2.05) is 0 Å². The van der Waals surface area contributed by atoms with E-state index in [9.17, 15) is 0 Å². The van der Waals surface area contributed by atoms with Crippen molar-refractivity contribution in [2.45, 2.75) is 13.3 Å². The standard InChI is InChI=1S/C49H34N2/c1-2-45-50-43-29-26-37(32-14-6-3-7-15-32)30-44(43)51(45)38-27-24-34(25-28-38)41-31-42(33-16-8-4-9-17-33)48-39-22-12-20-35-21-13-23-40(46(35)39)49(48)47(41)36-18-10-5-11-19-36/h3-31H,2H2,1H3. The first kappa shape index (κ1) is 29.4. The van der Waals surface area contributed by atoms with E-state index < -0.39 is 0 Å². The van der Waals surface area contributed by atoms with E-state index in [0.717, 1.165) is 29.0 Å². The lowest BCUT2D eigenvalue weighted by Crippen LogP contribution is -2.00. The van der Waals surface area contributed by atoms with Gasteiger partial charge < -0.3 is 0 Å². The van der Waals surface area contributed by atoms with Crippen LogP contribution in [-0.2, 0) is 6.42 Å². The Morgan fingerprint density at radius 3 is 1.67 bits per heavy atom. The molecule has 0 fully saturated rings. The smallest absolute Gasteiger partial charge is 0.114 e. The number of nitrogens with zero attached hydrogens (tertiary/aromatic N) is 2. The summed E-state index contributed by atoms with van der Waals surface area (Å²) in [5, 5.41) is 2.62. The highest BCUT2D eigenvalue weighted by molar-refractivity contribution is 6.22. The predicted octanol–water partition coefficient (Wildman–Crippen LogP) is 13.1. The van der Waals surface area contributed by atoms with E-state index in [4.69, 9.17) is 4.98 Å². The van der Waals surface area contributed by atoms with Crippen molar-refractivity contribution in [1.29, 1.82) is 0 Å². The Morgan fingerprint density at radius 1 is 0.431 bits per heavy atom. The third-order valence-electron chi connectivity index (χ3n) is 10.5. The van der Waals surface area contributed by atoms with E-state index in [2.05, 4.69) is 187 Å². The molecule has 1 aliphatic carbocycles. The van der Waals surface area contributed by atoms with Crippen LogP contribution >= 0.6 is 0 Å². The van der Waals surface area contributed by atoms with Gasteiger partial charge in [0.25, 0.3) is 0 Å². The summed E-state index contributed by atoms with van der Waals surface area (Å²) >= 11 is 0. The van der Waals surface area contributed by atoms with Gasteiger partial charge in [0.1, 0.15) is 5.82 Å². The Morgan fingerprint density at radius 2 is 1.00 bits per heavy atom. The Kier molecular flexibility index (Phi) is 6.82. The fourth-order valence-electron chi connectivity index (χ4n) is 8.22. The first-order valence-corrected chi connectivity index (χ1v) is 17.8. The van der Waals surface area contributed by atoms with Crippen molar-refractivity contribution >= 4 is 21.8 Å². The molecule has 0 saturated heterocycles. The Balaban J connectivity index is 1.21. The minimum atomic E-state index is 0.840. The summed E-state index contributed by atoms with van der Waals surface area (Å²) in [7, 11) is 0. The zero-order valence-electron chi connectivity index (χ0n) is 28.3. The van der Waals surface area contributed by atoms with Gasteiger partial charge in [-0.3, -0.25) is 4.57 Å². The molecule has 8 aromatic carbocycles. The summed E-state index contributed by atoms with van der Waals surface area (Å²) in [5.41, 5.74) is 18.3. The normalized spacial score (nSPS) is 11.7. The van der Waals surface area contributed by atoms with Gasteiger partial charge in [0.2, 0.25) is 0 Å². The van der Waals surface area contributed by atoms with Gasteiger partial charge in [-0.05, 0) is 108 Å². The maximum Gasteiger partial charge on any atom is 0.114 e. The van der Waals surface area contributed by atoms with Crippen molar-refractivity contribution in [2.24, 2.45) is 0 Å². The molecule has 0 saturated carbocycles. The van der Waals surface area contributed by atoms with Gasteiger partial charge in [-0.15, -0.1) is 0 Å². The summed E-state index contributed by atoms with van der Waals surface area (Å²) in [6.45, 7) is 2.19. The van der Waals surface area contributed by atoms with Crippen molar-refractivity contribution in [1.82, 2.24) is 9.55 Å². The molecule has 51 heavy (non-hydrogen) atoms. The lowest BCUT2D eigenvalue weighted by Gasteiger charge is -2.21. The fraction of sp³-hybridized carbons (Fsp3) is 0.0408. The fourth-order valence-corrected chi connectivity index (χ4v) is 8.22. The molecule has 2 nitrogen and oxygen atoms in total. The van der Waals surface area contributed by atoms with Gasteiger partial charge in [-0.1, -0.05) is 153 Å². The minimum absolute atomic E-state index is 0.840. The van der Waals surface area contributed by atoms with Crippen molar-refractivity contribution < 1.29 is 0 Å². The highest BCUT2D eigenvalue weighted by atomic mass is 15.1. The quantitative estimate of drug-likeness (QED) is 0.175. The number of aromatic nitrogens is 2. The number of rotatable bonds is 6. The number of hydrogen-bond acceptors (Lipinski definition) is 1. The van der Waals surface area contributed by atoms with Crippen LogP contribution in [0.5, 0.6) is 0 Å². The van der Waals surface area contributed by atoms with Crippen molar-refractivity contribution in [2.75, 3.05) is 0 Å². The molecule has 0 spiro atoms. The largest absolute Gasteiger partial charge is 0.296 e. The van der Waals surface area contributed by atoms with Gasteiger partial charge in [-0.2, -0.15) is 0 Å². The van der Waals surface area contributed by atoms with Crippen LogP contribution in [0, 0.1) is 0 Å². The molecular weight excluding hydrogens is 617 g/mol. The second-order valence-electron chi connectivity index (χ2n) is 13.4. The molecule has 0 N–H and O–H groups in total. The number of hydrogen-bond donors (Lipinski definition) is 0. The first-order valence-electron chi connectivity index (χ1n) is 17.8. The van der Waals surface area contributed by atoms with E-state index in [1.165, 1.54) is 77.5 Å². The molecule has 2 heteroatoms. The molecule has 10 rings (SSSR count). The Bertz CT molecular complexity index is 2740. The van der Waals surface area contributed by atoms with Crippen LogP contribution in [0.4, 0.5) is 0 Å². The van der Waals surface area contributed by atoms with Crippen LogP contribution < -0.4 is 0 Å². The number of fused-ring (bicyclic) bond motifs is 4. The summed E-state index contributed by atoms with van der Waals surface area (Å²) in [4.78, 5) is 5.06. The highest BCUT2D eigenvalue weighted by Crippen LogP contribution is 2.57. The summed E-state index contributed by atoms with van der Waals surface area (Å²) in [6, 6.07) is 64.1. The van der Waals surface area contributed by atoms with Gasteiger partial charge in [0.15, 0.2) is 0 Å². The number of imidazole rings is 1. The third kappa shape index (κ3) is 4.68. The summed E-state index contributed by atoms with van der Waals surface area (Å²) < 4.78 is 2.33. The second-order valence-corrected chi connectivity index (χ2v) is 13.4. The van der Waals surface area contributed by atoms with Crippen LogP contribution in [0.1, 0.15) is 12.7 Å². The lowest BCUT2D eigenvalue weighted by molar-refractivity contribution is 0.908. The molecule has 0 unspecified atom stereocenters. The van der Waals surface area contributed by atoms with Crippen LogP contribution in [0.3, 0.4) is 0 Å². The van der Waals surface area contributed by atoms with Gasteiger partial charge in [0, 0.05) is 12.1 Å². The van der Waals surface area contributed by atoms with Crippen molar-refractivity contribution in [3.8, 4) is 72.4 Å². The van der Waals surface area contributed by atoms with E-state index in [-0.39, 0.29) is 0 Å². The molecule has 0 aliphatic heterocycles. The van der Waals surface area contributed by atoms with Crippen molar-refractivity contribution in [3.63, 3.8) is 0 Å². The van der Waals surface area contributed by atoms with Crippen LogP contribution in [0.2, 0.25) is 0 Å². The maximum atomic E-state index is 5.06. The molecule has 1 aromatic heterocycles. The zero-order valence-corrected chi connectivity index (χ0v) is 28.3. The molecule has 0 bridgehead atoms. The SMILES string of the molecule is CCc1nc2ccc(-c3ccccc3)cc2n1-c1ccc(-c2cc(-c3ccccc3)c3c(c2-c2ccccc2)-c2cccc4cccc-3c24)cc1. The van der Waals surface area contributed by atoms with Crippen LogP contribution in [-0.4, -0.2) is 9.55 Å². The summed E-state index contributed by atoms with van der Waals surface area (Å²) in [6.07, 6.45) is 0.840. The average Bonchev–Trinajstić information content (AvgIpc) is 3.75. The highest BCUT2D eigenvalue weighted by Gasteiger charge is 2.30. The van der Waals surface area contributed by atoms with Crippen molar-refractivity contribution in [3.05, 3.63) is 182 Å². The molecule has 240 valence electrons. The Labute approximate surface area is 298 Å². The molecule has 0 radical (unpaired) electrons. The number of benzene rings is 8. The van der Waals surface area contributed by atoms with Crippen LogP contribution in [0.25, 0.3) is 94.3 Å². The zero-order chi connectivity index (χ0) is 33.9. The predicted molar refractivity (Wildman–Crippen MR) is 214 cm³/mol. The molecule has 1 aliphatic rings. The first-order chi connectivity index (χ1) is 25.3. The number of aryl methyl sites for hydroxylation is 1. The average molecular weight is 651 g/mol. The maximum absolute atomic E-state index is 5.06. The van der Waals surface area contributed by atoms with Crippen LogP contribution in [0.15, 0.2) is 176 Å². The lowest BCUT2D eigenvalue weighted by atomic mass is 9.82. The topological polar surface area (TPSA) is 17.8 Å².